The summed E-state index contributed by atoms with van der Waals surface area (Å²) in [6.07, 6.45) is 0. The van der Waals surface area contributed by atoms with Crippen LogP contribution in [0.1, 0.15) is 22.3 Å². The van der Waals surface area contributed by atoms with Crippen LogP contribution in [0, 0.1) is 0 Å². The lowest BCUT2D eigenvalue weighted by Gasteiger charge is -2.09. The molecule has 7 rings (SSSR count). The summed E-state index contributed by atoms with van der Waals surface area (Å²) in [4.78, 5) is 0. The molecule has 4 nitrogen and oxygen atoms in total. The first kappa shape index (κ1) is 18.2. The van der Waals surface area contributed by atoms with E-state index < -0.39 is 0 Å². The van der Waals surface area contributed by atoms with Crippen molar-refractivity contribution in [3.63, 3.8) is 0 Å². The van der Waals surface area contributed by atoms with Crippen molar-refractivity contribution in [2.24, 2.45) is 0 Å². The summed E-state index contributed by atoms with van der Waals surface area (Å²) in [6, 6.07) is 26.0. The lowest BCUT2D eigenvalue weighted by molar-refractivity contribution is 0.681. The van der Waals surface area contributed by atoms with Gasteiger partial charge in [0.15, 0.2) is 0 Å². The molecule has 0 saturated carbocycles. The average molecular weight is 399 g/mol. The Morgan fingerprint density at radius 2 is 1.00 bits per heavy atom. The summed E-state index contributed by atoms with van der Waals surface area (Å²) in [5.74, 6) is 0. The minimum Gasteiger partial charge on any atom is -0.309 e. The second kappa shape index (κ2) is 8.25. The Hall–Kier alpha value is -2.86. The summed E-state index contributed by atoms with van der Waals surface area (Å²) in [5, 5.41) is 7.10. The second-order valence-electron chi connectivity index (χ2n) is 7.38. The Balaban J connectivity index is 1.50. The van der Waals surface area contributed by atoms with Crippen molar-refractivity contribution in [1.29, 1.82) is 0 Å². The van der Waals surface area contributed by atoms with E-state index >= 15 is 0 Å². The van der Waals surface area contributed by atoms with E-state index in [-0.39, 0.29) is 0 Å². The predicted molar refractivity (Wildman–Crippen MR) is 118 cm³/mol. The normalized spacial score (nSPS) is 14.1. The van der Waals surface area contributed by atoms with Crippen LogP contribution in [0.25, 0.3) is 22.5 Å². The van der Waals surface area contributed by atoms with Gasteiger partial charge >= 0.3 is 0 Å². The van der Waals surface area contributed by atoms with E-state index in [2.05, 4.69) is 92.2 Å². The largest absolute Gasteiger partial charge is 0.309 e. The Morgan fingerprint density at radius 1 is 0.552 bits per heavy atom. The van der Waals surface area contributed by atoms with Crippen LogP contribution in [-0.2, 0) is 26.2 Å². The molecule has 4 heterocycles. The van der Waals surface area contributed by atoms with Gasteiger partial charge in [0, 0.05) is 37.3 Å². The van der Waals surface area contributed by atoms with Gasteiger partial charge in [-0.25, -0.2) is 0 Å². The number of hydrogen-bond acceptors (Lipinski definition) is 5. The van der Waals surface area contributed by atoms with Crippen molar-refractivity contribution >= 4 is 11.7 Å². The second-order valence-corrected chi connectivity index (χ2v) is 7.91. The molecule has 3 aliphatic rings. The van der Waals surface area contributed by atoms with E-state index in [1.54, 1.807) is 0 Å². The number of hydrogen-bond donors (Lipinski definition) is 2. The molecule has 0 atom stereocenters. The standard InChI is InChI=1S/C24H22N4S/c1-2-19-12-20(3-1)16-26-14-18-6-10-22(11-7-18)24-23(27-29-28-24)21-8-4-17(5-9-21)13-25-15-19/h1-12,25-26H,13-16H2. The lowest BCUT2D eigenvalue weighted by atomic mass is 10.0. The van der Waals surface area contributed by atoms with Gasteiger partial charge in [-0.3, -0.25) is 0 Å². The molecule has 0 unspecified atom stereocenters. The number of nitrogens with one attached hydrogen (secondary N) is 2. The van der Waals surface area contributed by atoms with Crippen molar-refractivity contribution < 1.29 is 0 Å². The maximum Gasteiger partial charge on any atom is 0.112 e. The van der Waals surface area contributed by atoms with Gasteiger partial charge in [-0.2, -0.15) is 8.75 Å². The fourth-order valence-electron chi connectivity index (χ4n) is 3.68. The average Bonchev–Trinajstić information content (AvgIpc) is 3.24. The Labute approximate surface area is 175 Å². The van der Waals surface area contributed by atoms with Gasteiger partial charge in [-0.15, -0.1) is 0 Å². The molecule has 1 aromatic heterocycles. The molecule has 2 N–H and O–H groups in total. The van der Waals surface area contributed by atoms with Gasteiger partial charge in [0.2, 0.25) is 0 Å². The molecule has 144 valence electrons. The number of rotatable bonds is 0. The third-order valence-corrected chi connectivity index (χ3v) is 5.78. The van der Waals surface area contributed by atoms with E-state index in [0.29, 0.717) is 0 Å². The molecular formula is C24H22N4S. The molecule has 3 aliphatic heterocycles. The molecule has 3 aromatic carbocycles. The third kappa shape index (κ3) is 4.12. The zero-order chi connectivity index (χ0) is 19.5. The number of benzene rings is 3. The third-order valence-electron chi connectivity index (χ3n) is 5.25. The predicted octanol–water partition coefficient (Wildman–Crippen LogP) is 4.77. The van der Waals surface area contributed by atoms with Gasteiger partial charge in [0.25, 0.3) is 0 Å². The number of fused-ring (bicyclic) bond motifs is 2. The van der Waals surface area contributed by atoms with Crippen molar-refractivity contribution in [3.05, 3.63) is 95.1 Å². The van der Waals surface area contributed by atoms with Crippen LogP contribution < -0.4 is 10.6 Å². The smallest absolute Gasteiger partial charge is 0.112 e. The van der Waals surface area contributed by atoms with Gasteiger partial charge in [0.1, 0.15) is 11.4 Å². The maximum atomic E-state index is 4.57. The highest BCUT2D eigenvalue weighted by molar-refractivity contribution is 6.99. The van der Waals surface area contributed by atoms with Crippen molar-refractivity contribution in [1.82, 2.24) is 19.4 Å². The maximum absolute atomic E-state index is 4.57. The first-order valence-electron chi connectivity index (χ1n) is 9.85. The summed E-state index contributed by atoms with van der Waals surface area (Å²) in [7, 11) is 0. The molecule has 0 radical (unpaired) electrons. The van der Waals surface area contributed by atoms with Crippen LogP contribution in [0.2, 0.25) is 0 Å². The van der Waals surface area contributed by atoms with E-state index in [9.17, 15) is 0 Å². The Bertz CT molecular complexity index is 1020. The first-order chi connectivity index (χ1) is 14.3. The van der Waals surface area contributed by atoms with Crippen molar-refractivity contribution in [2.45, 2.75) is 26.2 Å². The minimum atomic E-state index is 0.839. The number of aromatic nitrogens is 2. The van der Waals surface area contributed by atoms with E-state index in [1.807, 2.05) is 0 Å². The molecule has 6 bridgehead atoms. The van der Waals surface area contributed by atoms with E-state index in [0.717, 1.165) is 48.7 Å². The molecule has 0 amide bonds. The highest BCUT2D eigenvalue weighted by atomic mass is 32.1. The molecule has 0 fully saturated rings. The first-order valence-corrected chi connectivity index (χ1v) is 10.6. The number of nitrogens with zero attached hydrogens (tertiary/aromatic N) is 2. The lowest BCUT2D eigenvalue weighted by Crippen LogP contribution is -2.14. The fraction of sp³-hybridized carbons (Fsp3) is 0.167. The quantitative estimate of drug-likeness (QED) is 0.448. The van der Waals surface area contributed by atoms with Crippen LogP contribution in [0.4, 0.5) is 0 Å². The van der Waals surface area contributed by atoms with Crippen LogP contribution in [0.3, 0.4) is 0 Å². The zero-order valence-corrected chi connectivity index (χ0v) is 16.9. The van der Waals surface area contributed by atoms with Gasteiger partial charge in [-0.1, -0.05) is 72.8 Å². The van der Waals surface area contributed by atoms with Crippen LogP contribution in [0.15, 0.2) is 72.8 Å². The minimum absolute atomic E-state index is 0.839. The van der Waals surface area contributed by atoms with Crippen LogP contribution in [0.5, 0.6) is 0 Å². The van der Waals surface area contributed by atoms with Gasteiger partial charge in [0.05, 0.1) is 11.7 Å². The van der Waals surface area contributed by atoms with E-state index in [1.165, 1.54) is 34.0 Å². The summed E-state index contributed by atoms with van der Waals surface area (Å²) >= 11 is 1.27. The van der Waals surface area contributed by atoms with Gasteiger partial charge in [-0.05, 0) is 22.3 Å². The monoisotopic (exact) mass is 398 g/mol. The highest BCUT2D eigenvalue weighted by Gasteiger charge is 2.13. The molecule has 0 saturated heterocycles. The summed E-state index contributed by atoms with van der Waals surface area (Å²) in [6.45, 7) is 3.39. The van der Waals surface area contributed by atoms with Crippen LogP contribution in [-0.4, -0.2) is 8.75 Å². The summed E-state index contributed by atoms with van der Waals surface area (Å²) < 4.78 is 9.13. The summed E-state index contributed by atoms with van der Waals surface area (Å²) in [5.41, 5.74) is 9.26. The molecular weight excluding hydrogens is 376 g/mol. The Kier molecular flexibility index (Phi) is 5.17. The zero-order valence-electron chi connectivity index (χ0n) is 16.1. The SMILES string of the molecule is c1cc2cc(c1)CNCc1ccc(cc1)-c1nsnc1-c1ccc(cc1)CNC2. The molecule has 5 heteroatoms. The molecule has 4 aromatic rings. The molecule has 0 spiro atoms. The molecule has 29 heavy (non-hydrogen) atoms. The Morgan fingerprint density at radius 3 is 1.48 bits per heavy atom. The van der Waals surface area contributed by atoms with Crippen LogP contribution >= 0.6 is 11.7 Å². The van der Waals surface area contributed by atoms with Crippen molar-refractivity contribution in [2.75, 3.05) is 0 Å². The van der Waals surface area contributed by atoms with E-state index in [4.69, 9.17) is 0 Å². The van der Waals surface area contributed by atoms with Gasteiger partial charge < -0.3 is 10.6 Å². The fourth-order valence-corrected chi connectivity index (χ4v) is 4.27. The topological polar surface area (TPSA) is 49.8 Å². The molecule has 0 aliphatic carbocycles. The van der Waals surface area contributed by atoms with Crippen molar-refractivity contribution in [3.8, 4) is 22.5 Å². The highest BCUT2D eigenvalue weighted by Crippen LogP contribution is 2.30.